The largest absolute Gasteiger partial charge is 0.168 e. The summed E-state index contributed by atoms with van der Waals surface area (Å²) in [5.74, 6) is 0.608. The maximum atomic E-state index is 4.53. The van der Waals surface area contributed by atoms with Gasteiger partial charge in [0, 0.05) is 4.75 Å². The summed E-state index contributed by atoms with van der Waals surface area (Å²) in [4.78, 5) is 0. The van der Waals surface area contributed by atoms with Gasteiger partial charge in [0.15, 0.2) is 0 Å². The molecule has 0 spiro atoms. The highest BCUT2D eigenvalue weighted by Gasteiger charge is 2.14. The second-order valence-electron chi connectivity index (χ2n) is 4.34. The van der Waals surface area contributed by atoms with Crippen molar-refractivity contribution in [1.29, 1.82) is 0 Å². The molecule has 0 heterocycles. The van der Waals surface area contributed by atoms with Crippen LogP contribution in [0.4, 0.5) is 0 Å². The van der Waals surface area contributed by atoms with Gasteiger partial charge in [0.1, 0.15) is 0 Å². The summed E-state index contributed by atoms with van der Waals surface area (Å²) in [6.45, 7) is 8.64. The highest BCUT2D eigenvalue weighted by atomic mass is 32.1. The van der Waals surface area contributed by atoms with Crippen molar-refractivity contribution in [2.45, 2.75) is 38.4 Å². The highest BCUT2D eigenvalue weighted by Crippen LogP contribution is 2.28. The smallest absolute Gasteiger partial charge is 0.0322 e. The van der Waals surface area contributed by atoms with E-state index in [1.165, 1.54) is 11.1 Å². The Hall–Kier alpha value is -0.430. The molecule has 0 nitrogen and oxygen atoms in total. The van der Waals surface area contributed by atoms with Crippen LogP contribution in [0.5, 0.6) is 0 Å². The van der Waals surface area contributed by atoms with Crippen molar-refractivity contribution < 1.29 is 0 Å². The third kappa shape index (κ3) is 2.77. The fourth-order valence-corrected chi connectivity index (χ4v) is 1.42. The van der Waals surface area contributed by atoms with E-state index >= 15 is 0 Å². The van der Waals surface area contributed by atoms with Gasteiger partial charge in [-0.3, -0.25) is 0 Å². The van der Waals surface area contributed by atoms with Crippen molar-refractivity contribution in [3.05, 3.63) is 35.4 Å². The first kappa shape index (κ1) is 10.6. The lowest BCUT2D eigenvalue weighted by molar-refractivity contribution is 0.786. The lowest BCUT2D eigenvalue weighted by Gasteiger charge is -2.18. The Bertz CT molecular complexity index is 264. The van der Waals surface area contributed by atoms with Crippen LogP contribution in [0.25, 0.3) is 0 Å². The number of benzene rings is 1. The first-order valence-electron chi connectivity index (χ1n) is 4.74. The molecule has 1 heteroatoms. The molecule has 1 aromatic rings. The van der Waals surface area contributed by atoms with Crippen LogP contribution in [0.15, 0.2) is 24.3 Å². The molecule has 0 saturated heterocycles. The summed E-state index contributed by atoms with van der Waals surface area (Å²) < 4.78 is -0.0322. The average Bonchev–Trinajstić information content (AvgIpc) is 2.03. The predicted octanol–water partition coefficient (Wildman–Crippen LogP) is 3.97. The van der Waals surface area contributed by atoms with E-state index in [0.717, 1.165) is 0 Å². The summed E-state index contributed by atoms with van der Waals surface area (Å²) in [5.41, 5.74) is 2.67. The molecule has 0 bridgehead atoms. The monoisotopic (exact) mass is 194 g/mol. The van der Waals surface area contributed by atoms with E-state index in [4.69, 9.17) is 0 Å². The van der Waals surface area contributed by atoms with Crippen molar-refractivity contribution in [3.63, 3.8) is 0 Å². The van der Waals surface area contributed by atoms with Crippen LogP contribution in [0.1, 0.15) is 44.7 Å². The molecule has 0 N–H and O–H groups in total. The SMILES string of the molecule is CC(C)c1ccc(C(C)(C)S)cc1. The summed E-state index contributed by atoms with van der Waals surface area (Å²) in [6, 6.07) is 8.72. The van der Waals surface area contributed by atoms with Crippen LogP contribution in [0.3, 0.4) is 0 Å². The van der Waals surface area contributed by atoms with Gasteiger partial charge in [0.25, 0.3) is 0 Å². The maximum Gasteiger partial charge on any atom is 0.0322 e. The Morgan fingerprint density at radius 1 is 1.08 bits per heavy atom. The van der Waals surface area contributed by atoms with Gasteiger partial charge in [-0.05, 0) is 30.9 Å². The Morgan fingerprint density at radius 2 is 1.54 bits per heavy atom. The molecule has 0 aliphatic heterocycles. The van der Waals surface area contributed by atoms with Gasteiger partial charge in [-0.1, -0.05) is 38.1 Å². The summed E-state index contributed by atoms with van der Waals surface area (Å²) in [6.07, 6.45) is 0. The first-order valence-corrected chi connectivity index (χ1v) is 5.19. The average molecular weight is 194 g/mol. The van der Waals surface area contributed by atoms with Crippen molar-refractivity contribution >= 4 is 12.6 Å². The Labute approximate surface area is 86.8 Å². The molecule has 0 amide bonds. The van der Waals surface area contributed by atoms with E-state index in [2.05, 4.69) is 64.6 Å². The Kier molecular flexibility index (Phi) is 3.07. The Morgan fingerprint density at radius 3 is 1.85 bits per heavy atom. The van der Waals surface area contributed by atoms with Gasteiger partial charge in [-0.2, -0.15) is 12.6 Å². The van der Waals surface area contributed by atoms with Gasteiger partial charge < -0.3 is 0 Å². The molecule has 0 atom stereocenters. The van der Waals surface area contributed by atoms with E-state index in [1.807, 2.05) is 0 Å². The Balaban J connectivity index is 2.94. The zero-order valence-electron chi connectivity index (χ0n) is 8.83. The molecule has 0 radical (unpaired) electrons. The zero-order chi connectivity index (χ0) is 10.1. The predicted molar refractivity (Wildman–Crippen MR) is 62.5 cm³/mol. The van der Waals surface area contributed by atoms with E-state index in [-0.39, 0.29) is 4.75 Å². The number of hydrogen-bond acceptors (Lipinski definition) is 1. The molecule has 1 rings (SSSR count). The van der Waals surface area contributed by atoms with Crippen LogP contribution < -0.4 is 0 Å². The van der Waals surface area contributed by atoms with E-state index in [1.54, 1.807) is 0 Å². The summed E-state index contributed by atoms with van der Waals surface area (Å²) >= 11 is 4.53. The molecule has 0 aromatic heterocycles. The zero-order valence-corrected chi connectivity index (χ0v) is 9.73. The van der Waals surface area contributed by atoms with Crippen molar-refractivity contribution in [1.82, 2.24) is 0 Å². The van der Waals surface area contributed by atoms with Gasteiger partial charge in [-0.15, -0.1) is 0 Å². The van der Waals surface area contributed by atoms with Gasteiger partial charge in [-0.25, -0.2) is 0 Å². The lowest BCUT2D eigenvalue weighted by atomic mass is 9.97. The topological polar surface area (TPSA) is 0 Å². The minimum atomic E-state index is -0.0322. The number of rotatable bonds is 2. The standard InChI is InChI=1S/C12H18S/c1-9(2)10-5-7-11(8-6-10)12(3,4)13/h5-9,13H,1-4H3. The quantitative estimate of drug-likeness (QED) is 0.677. The van der Waals surface area contributed by atoms with Crippen molar-refractivity contribution in [3.8, 4) is 0 Å². The second-order valence-corrected chi connectivity index (χ2v) is 5.45. The minimum Gasteiger partial charge on any atom is -0.168 e. The first-order chi connectivity index (χ1) is 5.91. The maximum absolute atomic E-state index is 4.53. The van der Waals surface area contributed by atoms with Gasteiger partial charge >= 0.3 is 0 Å². The molecular formula is C12H18S. The van der Waals surface area contributed by atoms with Gasteiger partial charge in [0.05, 0.1) is 0 Å². The third-order valence-corrected chi connectivity index (χ3v) is 2.54. The summed E-state index contributed by atoms with van der Waals surface area (Å²) in [7, 11) is 0. The second kappa shape index (κ2) is 3.75. The molecule has 13 heavy (non-hydrogen) atoms. The molecule has 0 fully saturated rings. The molecule has 1 aromatic carbocycles. The molecule has 0 saturated carbocycles. The van der Waals surface area contributed by atoms with Crippen LogP contribution in [-0.4, -0.2) is 0 Å². The fourth-order valence-electron chi connectivity index (χ4n) is 1.28. The number of thiol groups is 1. The molecule has 72 valence electrons. The fraction of sp³-hybridized carbons (Fsp3) is 0.500. The number of hydrogen-bond donors (Lipinski definition) is 1. The highest BCUT2D eigenvalue weighted by molar-refractivity contribution is 7.81. The molecule has 0 aliphatic rings. The van der Waals surface area contributed by atoms with Crippen LogP contribution in [0.2, 0.25) is 0 Å². The van der Waals surface area contributed by atoms with Crippen LogP contribution >= 0.6 is 12.6 Å². The molecule has 0 aliphatic carbocycles. The van der Waals surface area contributed by atoms with E-state index in [9.17, 15) is 0 Å². The van der Waals surface area contributed by atoms with E-state index in [0.29, 0.717) is 5.92 Å². The van der Waals surface area contributed by atoms with Crippen LogP contribution in [0, 0.1) is 0 Å². The molecule has 0 unspecified atom stereocenters. The van der Waals surface area contributed by atoms with E-state index < -0.39 is 0 Å². The minimum absolute atomic E-state index is 0.0322. The van der Waals surface area contributed by atoms with Gasteiger partial charge in [0.2, 0.25) is 0 Å². The lowest BCUT2D eigenvalue weighted by Crippen LogP contribution is -2.07. The molecular weight excluding hydrogens is 176 g/mol. The van der Waals surface area contributed by atoms with Crippen LogP contribution in [-0.2, 0) is 4.75 Å². The van der Waals surface area contributed by atoms with Crippen molar-refractivity contribution in [2.75, 3.05) is 0 Å². The van der Waals surface area contributed by atoms with Crippen molar-refractivity contribution in [2.24, 2.45) is 0 Å². The normalized spacial score (nSPS) is 12.2. The third-order valence-electron chi connectivity index (χ3n) is 2.28. The summed E-state index contributed by atoms with van der Waals surface area (Å²) in [5, 5.41) is 0.